The van der Waals surface area contributed by atoms with Crippen molar-refractivity contribution in [2.75, 3.05) is 7.11 Å². The molecule has 1 aromatic rings. The van der Waals surface area contributed by atoms with Crippen molar-refractivity contribution < 1.29 is 9.13 Å². The molecule has 0 spiro atoms. The van der Waals surface area contributed by atoms with E-state index in [1.807, 2.05) is 0 Å². The van der Waals surface area contributed by atoms with Crippen molar-refractivity contribution >= 4 is 22.6 Å². The number of halogens is 2. The predicted octanol–water partition coefficient (Wildman–Crippen LogP) is 2.58. The molecule has 0 N–H and O–H groups in total. The number of rotatable bonds is 2. The molecule has 0 saturated heterocycles. The molecule has 1 aromatic carbocycles. The van der Waals surface area contributed by atoms with Crippen LogP contribution >= 0.6 is 22.6 Å². The molecule has 0 atom stereocenters. The first-order chi connectivity index (χ1) is 5.24. The zero-order valence-electron chi connectivity index (χ0n) is 6.10. The van der Waals surface area contributed by atoms with Crippen molar-refractivity contribution in [3.8, 4) is 0 Å². The molecule has 0 aliphatic heterocycles. The van der Waals surface area contributed by atoms with Crippen LogP contribution in [0.25, 0.3) is 0 Å². The smallest absolute Gasteiger partial charge is 0.128 e. The topological polar surface area (TPSA) is 9.23 Å². The van der Waals surface area contributed by atoms with E-state index in [0.717, 1.165) is 3.57 Å². The van der Waals surface area contributed by atoms with Gasteiger partial charge in [0, 0.05) is 16.2 Å². The largest absolute Gasteiger partial charge is 0.380 e. The van der Waals surface area contributed by atoms with Gasteiger partial charge < -0.3 is 4.74 Å². The molecular formula is C8H8FIO. The molecule has 0 radical (unpaired) electrons. The van der Waals surface area contributed by atoms with Gasteiger partial charge in [0.15, 0.2) is 0 Å². The summed E-state index contributed by atoms with van der Waals surface area (Å²) < 4.78 is 18.7. The van der Waals surface area contributed by atoms with Crippen LogP contribution in [0.4, 0.5) is 4.39 Å². The zero-order valence-corrected chi connectivity index (χ0v) is 8.26. The summed E-state index contributed by atoms with van der Waals surface area (Å²) in [5.74, 6) is -0.202. The van der Waals surface area contributed by atoms with Crippen LogP contribution < -0.4 is 0 Å². The van der Waals surface area contributed by atoms with Gasteiger partial charge in [0.05, 0.1) is 6.61 Å². The van der Waals surface area contributed by atoms with Crippen LogP contribution in [0, 0.1) is 9.39 Å². The summed E-state index contributed by atoms with van der Waals surface area (Å²) in [5, 5.41) is 0. The van der Waals surface area contributed by atoms with Crippen molar-refractivity contribution in [3.05, 3.63) is 33.1 Å². The first-order valence-corrected chi connectivity index (χ1v) is 4.25. The maximum Gasteiger partial charge on any atom is 0.128 e. The Hall–Kier alpha value is -0.160. The van der Waals surface area contributed by atoms with Crippen LogP contribution in [0.15, 0.2) is 18.2 Å². The third-order valence-corrected chi connectivity index (χ3v) is 1.98. The summed E-state index contributed by atoms with van der Waals surface area (Å²) in [6.07, 6.45) is 0. The highest BCUT2D eigenvalue weighted by Crippen LogP contribution is 2.12. The Labute approximate surface area is 78.7 Å². The number of hydrogen-bond acceptors (Lipinski definition) is 1. The molecule has 3 heteroatoms. The van der Waals surface area contributed by atoms with Crippen molar-refractivity contribution in [1.82, 2.24) is 0 Å². The van der Waals surface area contributed by atoms with E-state index < -0.39 is 0 Å². The van der Waals surface area contributed by atoms with Crippen LogP contribution in [0.1, 0.15) is 5.56 Å². The van der Waals surface area contributed by atoms with Crippen molar-refractivity contribution in [2.45, 2.75) is 6.61 Å². The van der Waals surface area contributed by atoms with Gasteiger partial charge in [-0.1, -0.05) is 0 Å². The van der Waals surface area contributed by atoms with Crippen molar-refractivity contribution in [2.24, 2.45) is 0 Å². The molecule has 0 bridgehead atoms. The maximum atomic E-state index is 12.9. The molecule has 0 fully saturated rings. The summed E-state index contributed by atoms with van der Waals surface area (Å²) in [7, 11) is 1.55. The van der Waals surface area contributed by atoms with Gasteiger partial charge in [-0.25, -0.2) is 4.39 Å². The van der Waals surface area contributed by atoms with Crippen LogP contribution in [0.2, 0.25) is 0 Å². The molecule has 1 rings (SSSR count). The molecule has 0 unspecified atom stereocenters. The summed E-state index contributed by atoms with van der Waals surface area (Å²) in [6, 6.07) is 4.96. The lowest BCUT2D eigenvalue weighted by molar-refractivity contribution is 0.181. The Morgan fingerprint density at radius 1 is 1.55 bits per heavy atom. The quantitative estimate of drug-likeness (QED) is 0.747. The van der Waals surface area contributed by atoms with E-state index in [1.165, 1.54) is 6.07 Å². The minimum atomic E-state index is -0.202. The lowest BCUT2D eigenvalue weighted by Crippen LogP contribution is -1.92. The molecule has 11 heavy (non-hydrogen) atoms. The van der Waals surface area contributed by atoms with Gasteiger partial charge in [-0.3, -0.25) is 0 Å². The monoisotopic (exact) mass is 266 g/mol. The Bertz CT molecular complexity index is 250. The Kier molecular flexibility index (Phi) is 3.26. The van der Waals surface area contributed by atoms with Gasteiger partial charge in [-0.15, -0.1) is 0 Å². The van der Waals surface area contributed by atoms with Gasteiger partial charge >= 0.3 is 0 Å². The van der Waals surface area contributed by atoms with Crippen LogP contribution in [0.5, 0.6) is 0 Å². The summed E-state index contributed by atoms with van der Waals surface area (Å²) >= 11 is 2.14. The molecule has 60 valence electrons. The van der Waals surface area contributed by atoms with E-state index in [2.05, 4.69) is 22.6 Å². The minimum Gasteiger partial charge on any atom is -0.380 e. The highest BCUT2D eigenvalue weighted by atomic mass is 127. The second-order valence-electron chi connectivity index (χ2n) is 2.17. The van der Waals surface area contributed by atoms with Gasteiger partial charge in [0.2, 0.25) is 0 Å². The number of benzene rings is 1. The molecule has 0 heterocycles. The summed E-state index contributed by atoms with van der Waals surface area (Å²) in [6.45, 7) is 0.336. The fraction of sp³-hybridized carbons (Fsp3) is 0.250. The first-order valence-electron chi connectivity index (χ1n) is 3.17. The standard InChI is InChI=1S/C8H8FIO/c1-11-5-6-4-7(10)2-3-8(6)9/h2-4H,5H2,1H3. The molecular weight excluding hydrogens is 258 g/mol. The van der Waals surface area contributed by atoms with Gasteiger partial charge in [-0.2, -0.15) is 0 Å². The number of ether oxygens (including phenoxy) is 1. The average molecular weight is 266 g/mol. The summed E-state index contributed by atoms with van der Waals surface area (Å²) in [5.41, 5.74) is 0.611. The predicted molar refractivity (Wildman–Crippen MR) is 49.8 cm³/mol. The van der Waals surface area contributed by atoms with Gasteiger partial charge in [0.1, 0.15) is 5.82 Å². The minimum absolute atomic E-state index is 0.202. The van der Waals surface area contributed by atoms with E-state index in [9.17, 15) is 4.39 Å². The van der Waals surface area contributed by atoms with Crippen molar-refractivity contribution in [3.63, 3.8) is 0 Å². The second-order valence-corrected chi connectivity index (χ2v) is 3.41. The highest BCUT2D eigenvalue weighted by Gasteiger charge is 2.00. The fourth-order valence-electron chi connectivity index (χ4n) is 0.809. The zero-order chi connectivity index (χ0) is 8.27. The van der Waals surface area contributed by atoms with E-state index in [0.29, 0.717) is 12.2 Å². The van der Waals surface area contributed by atoms with E-state index in [-0.39, 0.29) is 5.82 Å². The molecule has 0 amide bonds. The normalized spacial score (nSPS) is 10.1. The average Bonchev–Trinajstić information content (AvgIpc) is 1.98. The van der Waals surface area contributed by atoms with E-state index in [1.54, 1.807) is 19.2 Å². The molecule has 0 saturated carbocycles. The SMILES string of the molecule is COCc1cc(I)ccc1F. The molecule has 0 aromatic heterocycles. The Balaban J connectivity index is 2.93. The van der Waals surface area contributed by atoms with Crippen LogP contribution in [0.3, 0.4) is 0 Å². The number of hydrogen-bond donors (Lipinski definition) is 0. The lowest BCUT2D eigenvalue weighted by atomic mass is 10.2. The summed E-state index contributed by atoms with van der Waals surface area (Å²) in [4.78, 5) is 0. The number of methoxy groups -OCH3 is 1. The van der Waals surface area contributed by atoms with Gasteiger partial charge in [-0.05, 0) is 40.8 Å². The molecule has 1 nitrogen and oxygen atoms in total. The third-order valence-electron chi connectivity index (χ3n) is 1.31. The van der Waals surface area contributed by atoms with Crippen LogP contribution in [-0.4, -0.2) is 7.11 Å². The van der Waals surface area contributed by atoms with E-state index >= 15 is 0 Å². The van der Waals surface area contributed by atoms with E-state index in [4.69, 9.17) is 4.74 Å². The van der Waals surface area contributed by atoms with Crippen LogP contribution in [-0.2, 0) is 11.3 Å². The fourth-order valence-corrected chi connectivity index (χ4v) is 1.37. The molecule has 0 aliphatic rings. The highest BCUT2D eigenvalue weighted by molar-refractivity contribution is 14.1. The maximum absolute atomic E-state index is 12.9. The Morgan fingerprint density at radius 2 is 2.27 bits per heavy atom. The lowest BCUT2D eigenvalue weighted by Gasteiger charge is -2.01. The molecule has 0 aliphatic carbocycles. The van der Waals surface area contributed by atoms with Crippen molar-refractivity contribution in [1.29, 1.82) is 0 Å². The third kappa shape index (κ3) is 2.41. The first kappa shape index (κ1) is 8.93. The second kappa shape index (κ2) is 4.01. The van der Waals surface area contributed by atoms with Gasteiger partial charge in [0.25, 0.3) is 0 Å². The Morgan fingerprint density at radius 3 is 2.91 bits per heavy atom.